The highest BCUT2D eigenvalue weighted by Gasteiger charge is 2.26. The third-order valence-electron chi connectivity index (χ3n) is 5.47. The molecule has 5 rings (SSSR count). The molecule has 3 aromatic heterocycles. The van der Waals surface area contributed by atoms with E-state index in [1.165, 1.54) is 0 Å². The molecule has 0 atom stereocenters. The van der Waals surface area contributed by atoms with Gasteiger partial charge in [0.05, 0.1) is 24.2 Å². The molecule has 0 spiro atoms. The topological polar surface area (TPSA) is 80.5 Å². The summed E-state index contributed by atoms with van der Waals surface area (Å²) in [7, 11) is 0. The number of furan rings is 1. The van der Waals surface area contributed by atoms with Gasteiger partial charge in [-0.1, -0.05) is 22.8 Å². The van der Waals surface area contributed by atoms with E-state index in [1.54, 1.807) is 35.2 Å². The van der Waals surface area contributed by atoms with Gasteiger partial charge < -0.3 is 13.8 Å². The fourth-order valence-corrected chi connectivity index (χ4v) is 4.06. The van der Waals surface area contributed by atoms with E-state index in [2.05, 4.69) is 15.2 Å². The summed E-state index contributed by atoms with van der Waals surface area (Å²) in [6, 6.07) is 14.7. The first kappa shape index (κ1) is 20.5. The molecule has 9 heteroatoms. The first-order chi connectivity index (χ1) is 15.6. The molecule has 1 aliphatic rings. The molecule has 0 bridgehead atoms. The number of rotatable bonds is 5. The van der Waals surface area contributed by atoms with Gasteiger partial charge in [-0.2, -0.15) is 5.10 Å². The van der Waals surface area contributed by atoms with Gasteiger partial charge in [-0.05, 0) is 37.3 Å². The van der Waals surface area contributed by atoms with Crippen molar-refractivity contribution in [2.45, 2.75) is 13.5 Å². The maximum Gasteiger partial charge on any atom is 0.274 e. The Kier molecular flexibility index (Phi) is 5.55. The van der Waals surface area contributed by atoms with E-state index in [4.69, 9.17) is 20.5 Å². The predicted molar refractivity (Wildman–Crippen MR) is 119 cm³/mol. The number of nitrogens with zero attached hydrogens (tertiary/aromatic N) is 5. The van der Waals surface area contributed by atoms with E-state index >= 15 is 0 Å². The molecule has 4 aromatic rings. The minimum Gasteiger partial charge on any atom is -0.463 e. The van der Waals surface area contributed by atoms with Crippen molar-refractivity contribution in [2.24, 2.45) is 0 Å². The second-order valence-electron chi connectivity index (χ2n) is 7.79. The van der Waals surface area contributed by atoms with Gasteiger partial charge in [-0.3, -0.25) is 9.69 Å². The second-order valence-corrected chi connectivity index (χ2v) is 8.22. The quantitative estimate of drug-likeness (QED) is 0.455. The Morgan fingerprint density at radius 1 is 1.09 bits per heavy atom. The Balaban J connectivity index is 1.34. The van der Waals surface area contributed by atoms with Gasteiger partial charge in [0.15, 0.2) is 17.2 Å². The Labute approximate surface area is 190 Å². The molecule has 164 valence electrons. The number of benzene rings is 1. The van der Waals surface area contributed by atoms with Crippen LogP contribution in [0.4, 0.5) is 0 Å². The summed E-state index contributed by atoms with van der Waals surface area (Å²) in [5.41, 5.74) is 2.70. The molecule has 1 saturated heterocycles. The third kappa shape index (κ3) is 4.19. The molecular formula is C23H22ClN5O3. The highest BCUT2D eigenvalue weighted by atomic mass is 35.5. The molecule has 0 radical (unpaired) electrons. The Hall–Kier alpha value is -3.36. The molecule has 1 fully saturated rings. The summed E-state index contributed by atoms with van der Waals surface area (Å²) in [6.45, 7) is 5.34. The summed E-state index contributed by atoms with van der Waals surface area (Å²) >= 11 is 6.18. The standard InChI is InChI=1S/C23H22ClN5O3/c1-16-12-19(32-26-16)15-27-7-9-28(10-8-27)23(30)20-14-21(22-6-3-11-31-22)29(25-20)18-5-2-4-17(24)13-18/h2-6,11-14H,7-10,15H2,1H3. The number of piperazine rings is 1. The van der Waals surface area contributed by atoms with E-state index < -0.39 is 0 Å². The van der Waals surface area contributed by atoms with Crippen molar-refractivity contribution in [1.29, 1.82) is 0 Å². The maximum atomic E-state index is 13.2. The van der Waals surface area contributed by atoms with Crippen molar-refractivity contribution in [3.8, 4) is 17.1 Å². The first-order valence-electron chi connectivity index (χ1n) is 10.4. The lowest BCUT2D eigenvalue weighted by Crippen LogP contribution is -2.48. The summed E-state index contributed by atoms with van der Waals surface area (Å²) in [5, 5.41) is 9.14. The third-order valence-corrected chi connectivity index (χ3v) is 5.71. The lowest BCUT2D eigenvalue weighted by molar-refractivity contribution is 0.0611. The normalized spacial score (nSPS) is 14.8. The molecule has 0 saturated carbocycles. The van der Waals surface area contributed by atoms with E-state index in [-0.39, 0.29) is 5.91 Å². The van der Waals surface area contributed by atoms with Crippen molar-refractivity contribution in [3.05, 3.63) is 77.0 Å². The van der Waals surface area contributed by atoms with Gasteiger partial charge in [-0.25, -0.2) is 4.68 Å². The number of aromatic nitrogens is 3. The van der Waals surface area contributed by atoms with Crippen LogP contribution in [-0.4, -0.2) is 56.8 Å². The van der Waals surface area contributed by atoms with Crippen LogP contribution >= 0.6 is 11.6 Å². The van der Waals surface area contributed by atoms with Gasteiger partial charge in [0.2, 0.25) is 0 Å². The summed E-state index contributed by atoms with van der Waals surface area (Å²) < 4.78 is 12.6. The minimum absolute atomic E-state index is 0.103. The van der Waals surface area contributed by atoms with Crippen LogP contribution in [0.2, 0.25) is 5.02 Å². The van der Waals surface area contributed by atoms with Gasteiger partial charge in [0.1, 0.15) is 5.69 Å². The predicted octanol–water partition coefficient (Wildman–Crippen LogP) is 4.04. The number of hydrogen-bond acceptors (Lipinski definition) is 6. The average molecular weight is 452 g/mol. The van der Waals surface area contributed by atoms with Crippen molar-refractivity contribution in [3.63, 3.8) is 0 Å². The Morgan fingerprint density at radius 3 is 2.62 bits per heavy atom. The van der Waals surface area contributed by atoms with E-state index in [1.807, 2.05) is 36.1 Å². The minimum atomic E-state index is -0.103. The fraction of sp³-hybridized carbons (Fsp3) is 0.261. The Bertz CT molecular complexity index is 1220. The van der Waals surface area contributed by atoms with Gasteiger partial charge in [0, 0.05) is 43.3 Å². The molecule has 1 aliphatic heterocycles. The fourth-order valence-electron chi connectivity index (χ4n) is 3.87. The number of amides is 1. The van der Waals surface area contributed by atoms with E-state index in [9.17, 15) is 4.79 Å². The van der Waals surface area contributed by atoms with Gasteiger partial charge >= 0.3 is 0 Å². The zero-order valence-electron chi connectivity index (χ0n) is 17.6. The molecule has 0 unspecified atom stereocenters. The van der Waals surface area contributed by atoms with Crippen LogP contribution in [0.3, 0.4) is 0 Å². The van der Waals surface area contributed by atoms with Crippen LogP contribution in [0.5, 0.6) is 0 Å². The largest absolute Gasteiger partial charge is 0.463 e. The van der Waals surface area contributed by atoms with Gasteiger partial charge in [0.25, 0.3) is 5.91 Å². The average Bonchev–Trinajstić information content (AvgIpc) is 3.55. The van der Waals surface area contributed by atoms with Crippen LogP contribution in [0.15, 0.2) is 63.7 Å². The van der Waals surface area contributed by atoms with Crippen molar-refractivity contribution in [1.82, 2.24) is 24.7 Å². The van der Waals surface area contributed by atoms with Crippen LogP contribution in [0.1, 0.15) is 21.9 Å². The Morgan fingerprint density at radius 2 is 1.94 bits per heavy atom. The zero-order valence-corrected chi connectivity index (χ0v) is 18.3. The summed E-state index contributed by atoms with van der Waals surface area (Å²) in [5.74, 6) is 1.36. The molecular weight excluding hydrogens is 430 g/mol. The number of aryl methyl sites for hydroxylation is 1. The number of carbonyl (C=O) groups is 1. The van der Waals surface area contributed by atoms with Crippen LogP contribution in [0, 0.1) is 6.92 Å². The monoisotopic (exact) mass is 451 g/mol. The van der Waals surface area contributed by atoms with Crippen LogP contribution in [0.25, 0.3) is 17.1 Å². The van der Waals surface area contributed by atoms with Crippen LogP contribution < -0.4 is 0 Å². The molecule has 0 N–H and O–H groups in total. The van der Waals surface area contributed by atoms with E-state index in [0.29, 0.717) is 41.8 Å². The maximum absolute atomic E-state index is 13.2. The molecule has 32 heavy (non-hydrogen) atoms. The molecule has 4 heterocycles. The van der Waals surface area contributed by atoms with Crippen LogP contribution in [-0.2, 0) is 6.54 Å². The first-order valence-corrected chi connectivity index (χ1v) is 10.8. The lowest BCUT2D eigenvalue weighted by atomic mass is 10.2. The SMILES string of the molecule is Cc1cc(CN2CCN(C(=O)c3cc(-c4ccco4)n(-c4cccc(Cl)c4)n3)CC2)on1. The summed E-state index contributed by atoms with van der Waals surface area (Å²) in [4.78, 5) is 17.3. The number of hydrogen-bond donors (Lipinski definition) is 0. The zero-order chi connectivity index (χ0) is 22.1. The smallest absolute Gasteiger partial charge is 0.274 e. The summed E-state index contributed by atoms with van der Waals surface area (Å²) in [6.07, 6.45) is 1.60. The molecule has 0 aliphatic carbocycles. The second kappa shape index (κ2) is 8.64. The lowest BCUT2D eigenvalue weighted by Gasteiger charge is -2.33. The van der Waals surface area contributed by atoms with Gasteiger partial charge in [-0.15, -0.1) is 0 Å². The van der Waals surface area contributed by atoms with Crippen molar-refractivity contribution in [2.75, 3.05) is 26.2 Å². The number of halogens is 1. The highest BCUT2D eigenvalue weighted by Crippen LogP contribution is 2.26. The number of carbonyl (C=O) groups excluding carboxylic acids is 1. The van der Waals surface area contributed by atoms with Crippen molar-refractivity contribution >= 4 is 17.5 Å². The molecule has 1 amide bonds. The van der Waals surface area contributed by atoms with Crippen molar-refractivity contribution < 1.29 is 13.7 Å². The van der Waals surface area contributed by atoms with E-state index in [0.717, 1.165) is 30.2 Å². The molecule has 1 aromatic carbocycles. The highest BCUT2D eigenvalue weighted by molar-refractivity contribution is 6.30. The molecule has 8 nitrogen and oxygen atoms in total.